The third kappa shape index (κ3) is 54.3. The Morgan fingerprint density at radius 3 is 1.53 bits per heavy atom. The largest absolute Gasteiger partial charge is 4.00 e. The van der Waals surface area contributed by atoms with E-state index in [1.165, 1.54) is 15.4 Å². The predicted molar refractivity (Wildman–Crippen MR) is 58.0 cm³/mol. The molecule has 0 fully saturated rings. The number of aryl methyl sites for hydroxylation is 1. The first-order valence-corrected chi connectivity index (χ1v) is 3.06. The van der Waals surface area contributed by atoms with Crippen molar-refractivity contribution in [2.45, 2.75) is 6.92 Å². The van der Waals surface area contributed by atoms with E-state index in [2.05, 4.69) is 4.98 Å². The molecule has 0 saturated heterocycles. The molecule has 1 aromatic rings. The van der Waals surface area contributed by atoms with Gasteiger partial charge in [-0.1, -0.05) is 6.07 Å². The van der Waals surface area contributed by atoms with Crippen LogP contribution in [-0.4, -0.2) is 15.9 Å². The molecule has 1 aromatic heterocycles. The monoisotopic (exact) mass is 423 g/mol. The van der Waals surface area contributed by atoms with Gasteiger partial charge in [0.15, 0.2) is 0 Å². The Kier molecular flexibility index (Phi) is 78.0. The quantitative estimate of drug-likeness (QED) is 0.377. The average molecular weight is 423 g/mol. The molecule has 0 aliphatic heterocycles. The molecular formula is C6H12N8O2Pt. The summed E-state index contributed by atoms with van der Waals surface area (Å²) in [7, 11) is 0. The summed E-state index contributed by atoms with van der Waals surface area (Å²) in [6.45, 7) is 2.02. The van der Waals surface area contributed by atoms with Crippen molar-refractivity contribution in [1.29, 1.82) is 0 Å². The molecule has 0 aliphatic carbocycles. The first-order chi connectivity index (χ1) is 6.22. The van der Waals surface area contributed by atoms with Crippen molar-refractivity contribution in [3.63, 3.8) is 0 Å². The van der Waals surface area contributed by atoms with E-state index in [0.717, 1.165) is 0 Å². The van der Waals surface area contributed by atoms with E-state index in [4.69, 9.17) is 22.1 Å². The van der Waals surface area contributed by atoms with E-state index in [-0.39, 0.29) is 38.2 Å². The van der Waals surface area contributed by atoms with Crippen LogP contribution >= 0.6 is 0 Å². The number of hydrogen-bond donors (Lipinski definition) is 1. The maximum atomic E-state index is 6.75. The van der Waals surface area contributed by atoms with Crippen LogP contribution in [0.15, 0.2) is 24.5 Å². The fraction of sp³-hybridized carbons (Fsp3) is 0.167. The second-order valence-electron chi connectivity index (χ2n) is 1.71. The third-order valence-electron chi connectivity index (χ3n) is 0.809. The molecule has 0 saturated carbocycles. The summed E-state index contributed by atoms with van der Waals surface area (Å²) < 4.78 is 0. The number of rotatable bonds is 0. The molecule has 17 heavy (non-hydrogen) atoms. The molecule has 0 atom stereocenters. The van der Waals surface area contributed by atoms with Crippen molar-refractivity contribution in [3.05, 3.63) is 62.0 Å². The summed E-state index contributed by atoms with van der Waals surface area (Å²) in [5.41, 5.74) is 28.2. The van der Waals surface area contributed by atoms with Gasteiger partial charge in [-0.15, -0.1) is 0 Å². The van der Waals surface area contributed by atoms with Crippen molar-refractivity contribution in [2.24, 2.45) is 0 Å². The van der Waals surface area contributed by atoms with Crippen LogP contribution in [0.1, 0.15) is 5.56 Å². The second-order valence-corrected chi connectivity index (χ2v) is 1.71. The van der Waals surface area contributed by atoms with Gasteiger partial charge in [0.2, 0.25) is 0 Å². The van der Waals surface area contributed by atoms with E-state index < -0.39 is 0 Å². The van der Waals surface area contributed by atoms with Crippen LogP contribution in [0.3, 0.4) is 0 Å². The van der Waals surface area contributed by atoms with E-state index in [1.807, 2.05) is 25.3 Å². The van der Waals surface area contributed by atoms with Crippen molar-refractivity contribution in [3.8, 4) is 0 Å². The molecule has 10 nitrogen and oxygen atoms in total. The Hall–Kier alpha value is -1.66. The van der Waals surface area contributed by atoms with Crippen LogP contribution in [0.4, 0.5) is 0 Å². The Morgan fingerprint density at radius 1 is 1.06 bits per heavy atom. The maximum Gasteiger partial charge on any atom is 4.00 e. The molecule has 5 N–H and O–H groups in total. The van der Waals surface area contributed by atoms with Crippen LogP contribution in [0.2, 0.25) is 0 Å². The van der Waals surface area contributed by atoms with E-state index >= 15 is 0 Å². The van der Waals surface area contributed by atoms with Crippen LogP contribution in [0.25, 0.3) is 31.9 Å². The average Bonchev–Trinajstić information content (AvgIpc) is 2.08. The smallest absolute Gasteiger partial charge is 0.870 e. The number of nitrogens with zero attached hydrogens (tertiary/aromatic N) is 7. The molecule has 0 spiro atoms. The molecule has 0 unspecified atom stereocenters. The molecular weight excluding hydrogens is 411 g/mol. The van der Waals surface area contributed by atoms with Gasteiger partial charge in [-0.2, -0.15) is 0 Å². The van der Waals surface area contributed by atoms with Gasteiger partial charge in [0.05, 0.1) is 0 Å². The SMILES string of the molecule is Cc1cccnc1.N.[N-]=[N+]=[N-].[N-]=[N+]=[N-].[OH-].[OH-].[Pt+4]. The fourth-order valence-corrected chi connectivity index (χ4v) is 0.448. The second kappa shape index (κ2) is 36.7. The molecule has 1 rings (SSSR count). The van der Waals surface area contributed by atoms with Gasteiger partial charge in [-0.05, 0) is 18.6 Å². The molecule has 11 heteroatoms. The van der Waals surface area contributed by atoms with Crippen LogP contribution in [-0.2, 0) is 21.1 Å². The summed E-state index contributed by atoms with van der Waals surface area (Å²) in [5.74, 6) is 0. The van der Waals surface area contributed by atoms with E-state index in [1.54, 1.807) is 6.20 Å². The van der Waals surface area contributed by atoms with Crippen molar-refractivity contribution in [1.82, 2.24) is 11.1 Å². The van der Waals surface area contributed by atoms with E-state index in [9.17, 15) is 0 Å². The maximum absolute atomic E-state index is 6.75. The van der Waals surface area contributed by atoms with E-state index in [0.29, 0.717) is 0 Å². The minimum atomic E-state index is 0. The van der Waals surface area contributed by atoms with Gasteiger partial charge < -0.3 is 39.2 Å². The zero-order valence-electron chi connectivity index (χ0n) is 8.86. The zero-order chi connectivity index (χ0) is 10.5. The van der Waals surface area contributed by atoms with Gasteiger partial charge in [0, 0.05) is 12.4 Å². The Balaban J connectivity index is -0.0000000271. The minimum Gasteiger partial charge on any atom is -0.870 e. The predicted octanol–water partition coefficient (Wildman–Crippen LogP) is 2.93. The number of hydrogen-bond acceptors (Lipinski definition) is 4. The standard InChI is InChI=1S/C6H7N.2N3.H3N.2H2O.Pt/c1-6-3-2-4-7-5-6;2*1-3-2;;;;/h2-5H,1H3;;;1H3;2*1H2;/q;2*-1;;;;+4/p-2. The van der Waals surface area contributed by atoms with Crippen molar-refractivity contribution < 1.29 is 32.0 Å². The molecule has 1 heterocycles. The molecule has 98 valence electrons. The van der Waals surface area contributed by atoms with Crippen molar-refractivity contribution >= 4 is 0 Å². The summed E-state index contributed by atoms with van der Waals surface area (Å²) in [4.78, 5) is 6.88. The number of aromatic nitrogens is 1. The summed E-state index contributed by atoms with van der Waals surface area (Å²) in [6, 6.07) is 3.95. The molecule has 0 amide bonds. The van der Waals surface area contributed by atoms with Crippen LogP contribution in [0, 0.1) is 6.92 Å². The van der Waals surface area contributed by atoms with Gasteiger partial charge in [0.1, 0.15) is 0 Å². The summed E-state index contributed by atoms with van der Waals surface area (Å²) in [6.07, 6.45) is 3.60. The van der Waals surface area contributed by atoms with Gasteiger partial charge in [-0.25, -0.2) is 0 Å². The third-order valence-corrected chi connectivity index (χ3v) is 0.809. The zero-order valence-corrected chi connectivity index (χ0v) is 11.1. The Morgan fingerprint density at radius 2 is 1.41 bits per heavy atom. The minimum absolute atomic E-state index is 0. The van der Waals surface area contributed by atoms with Crippen LogP contribution in [0.5, 0.6) is 0 Å². The van der Waals surface area contributed by atoms with Gasteiger partial charge >= 0.3 is 21.1 Å². The molecule has 0 aliphatic rings. The normalized spacial score (nSPS) is 4.53. The first kappa shape index (κ1) is 36.2. The Bertz CT molecular complexity index is 271. The van der Waals surface area contributed by atoms with Crippen molar-refractivity contribution in [2.75, 3.05) is 0 Å². The first-order valence-electron chi connectivity index (χ1n) is 3.06. The summed E-state index contributed by atoms with van der Waals surface area (Å²) >= 11 is 0. The summed E-state index contributed by atoms with van der Waals surface area (Å²) in [5, 5.41) is 0. The Labute approximate surface area is 112 Å². The molecule has 0 radical (unpaired) electrons. The number of pyridine rings is 1. The van der Waals surface area contributed by atoms with Crippen LogP contribution < -0.4 is 6.15 Å². The van der Waals surface area contributed by atoms with Gasteiger partial charge in [0.25, 0.3) is 0 Å². The fourth-order valence-electron chi connectivity index (χ4n) is 0.448. The van der Waals surface area contributed by atoms with Gasteiger partial charge in [-0.3, -0.25) is 14.8 Å². The molecule has 0 aromatic carbocycles. The molecule has 0 bridgehead atoms. The topological polar surface area (TPSA) is 225 Å².